The number of fused-ring (bicyclic) bond motifs is 2. The summed E-state index contributed by atoms with van der Waals surface area (Å²) in [7, 11) is 0. The molecule has 1 fully saturated rings. The molecule has 1 saturated heterocycles. The molecule has 32 heavy (non-hydrogen) atoms. The van der Waals surface area contributed by atoms with E-state index in [-0.39, 0.29) is 23.7 Å². The van der Waals surface area contributed by atoms with Crippen LogP contribution in [-0.4, -0.2) is 36.3 Å². The van der Waals surface area contributed by atoms with Crippen molar-refractivity contribution >= 4 is 33.8 Å². The van der Waals surface area contributed by atoms with Crippen LogP contribution in [0.15, 0.2) is 32.0 Å². The highest BCUT2D eigenvalue weighted by Crippen LogP contribution is 2.35. The predicted molar refractivity (Wildman–Crippen MR) is 123 cm³/mol. The molecule has 1 N–H and O–H groups in total. The van der Waals surface area contributed by atoms with Crippen LogP contribution < -0.4 is 10.9 Å². The molecule has 0 spiro atoms. The number of amides is 2. The SMILES string of the molecule is Cc1c(CC(=O)NCCCN2CCCC2=O)c(=O)oc2cc3occ(C(C)(C)C)c3cc12. The van der Waals surface area contributed by atoms with Crippen LogP contribution in [0, 0.1) is 6.92 Å². The average molecular weight is 439 g/mol. The summed E-state index contributed by atoms with van der Waals surface area (Å²) in [5, 5.41) is 4.64. The number of aryl methyl sites for hydroxylation is 1. The van der Waals surface area contributed by atoms with Gasteiger partial charge in [-0.3, -0.25) is 9.59 Å². The fourth-order valence-electron chi connectivity index (χ4n) is 4.36. The number of hydrogen-bond acceptors (Lipinski definition) is 5. The summed E-state index contributed by atoms with van der Waals surface area (Å²) >= 11 is 0. The van der Waals surface area contributed by atoms with Crippen molar-refractivity contribution in [2.45, 2.75) is 58.8 Å². The van der Waals surface area contributed by atoms with Crippen LogP contribution in [-0.2, 0) is 21.4 Å². The Bertz CT molecular complexity index is 1250. The fourth-order valence-corrected chi connectivity index (χ4v) is 4.36. The van der Waals surface area contributed by atoms with Gasteiger partial charge >= 0.3 is 5.63 Å². The molecule has 2 amide bonds. The standard InChI is InChI=1S/C25H30N2O5/c1-15-16-11-18-19(25(2,3)4)14-31-20(18)13-21(16)32-24(30)17(15)12-22(28)26-8-6-10-27-9-5-7-23(27)29/h11,13-14H,5-10,12H2,1-4H3,(H,26,28). The Labute approximate surface area is 186 Å². The third-order valence-electron chi connectivity index (χ3n) is 6.23. The maximum Gasteiger partial charge on any atom is 0.340 e. The van der Waals surface area contributed by atoms with Crippen LogP contribution in [0.1, 0.15) is 56.7 Å². The van der Waals surface area contributed by atoms with Gasteiger partial charge in [-0.2, -0.15) is 0 Å². The number of nitrogens with zero attached hydrogens (tertiary/aromatic N) is 1. The first kappa shape index (κ1) is 22.1. The van der Waals surface area contributed by atoms with E-state index < -0.39 is 5.63 Å². The van der Waals surface area contributed by atoms with Crippen molar-refractivity contribution in [3.05, 3.63) is 45.5 Å². The Hall–Kier alpha value is -3.09. The van der Waals surface area contributed by atoms with Gasteiger partial charge in [0.25, 0.3) is 0 Å². The van der Waals surface area contributed by atoms with Crippen molar-refractivity contribution in [2.75, 3.05) is 19.6 Å². The Morgan fingerprint density at radius 3 is 2.62 bits per heavy atom. The monoisotopic (exact) mass is 438 g/mol. The van der Waals surface area contributed by atoms with Crippen molar-refractivity contribution in [3.8, 4) is 0 Å². The molecule has 1 aliphatic heterocycles. The molecule has 7 heteroatoms. The molecule has 0 atom stereocenters. The second-order valence-electron chi connectivity index (χ2n) is 9.60. The van der Waals surface area contributed by atoms with Gasteiger partial charge in [0.1, 0.15) is 11.2 Å². The number of likely N-dealkylation sites (tertiary alicyclic amines) is 1. The van der Waals surface area contributed by atoms with E-state index in [1.54, 1.807) is 12.3 Å². The Morgan fingerprint density at radius 2 is 1.94 bits per heavy atom. The van der Waals surface area contributed by atoms with E-state index in [1.807, 2.05) is 17.9 Å². The maximum atomic E-state index is 12.6. The number of furan rings is 1. The maximum absolute atomic E-state index is 12.6. The van der Waals surface area contributed by atoms with E-state index in [4.69, 9.17) is 8.83 Å². The number of carbonyl (C=O) groups is 2. The molecule has 0 aliphatic carbocycles. The first-order chi connectivity index (χ1) is 15.1. The minimum Gasteiger partial charge on any atom is -0.464 e. The zero-order chi connectivity index (χ0) is 23.0. The van der Waals surface area contributed by atoms with Crippen molar-refractivity contribution in [1.82, 2.24) is 10.2 Å². The van der Waals surface area contributed by atoms with Crippen LogP contribution in [0.25, 0.3) is 21.9 Å². The third kappa shape index (κ3) is 4.29. The Kier molecular flexibility index (Phi) is 5.84. The van der Waals surface area contributed by atoms with Crippen molar-refractivity contribution in [2.24, 2.45) is 0 Å². The summed E-state index contributed by atoms with van der Waals surface area (Å²) in [6.07, 6.45) is 3.93. The predicted octanol–water partition coefficient (Wildman–Crippen LogP) is 3.82. The smallest absolute Gasteiger partial charge is 0.340 e. The van der Waals surface area contributed by atoms with Gasteiger partial charge in [0.15, 0.2) is 0 Å². The molecule has 1 aliphatic rings. The summed E-state index contributed by atoms with van der Waals surface area (Å²) in [6, 6.07) is 3.74. The van der Waals surface area contributed by atoms with E-state index in [2.05, 4.69) is 26.1 Å². The van der Waals surface area contributed by atoms with E-state index >= 15 is 0 Å². The van der Waals surface area contributed by atoms with Crippen molar-refractivity contribution in [1.29, 1.82) is 0 Å². The van der Waals surface area contributed by atoms with Crippen molar-refractivity contribution in [3.63, 3.8) is 0 Å². The second-order valence-corrected chi connectivity index (χ2v) is 9.60. The molecule has 0 saturated carbocycles. The van der Waals surface area contributed by atoms with Gasteiger partial charge in [0.2, 0.25) is 11.8 Å². The van der Waals surface area contributed by atoms with Crippen LogP contribution in [0.2, 0.25) is 0 Å². The lowest BCUT2D eigenvalue weighted by molar-refractivity contribution is -0.127. The summed E-state index contributed by atoms with van der Waals surface area (Å²) in [4.78, 5) is 38.6. The van der Waals surface area contributed by atoms with Gasteiger partial charge in [-0.25, -0.2) is 4.79 Å². The molecule has 0 unspecified atom stereocenters. The second kappa shape index (κ2) is 8.45. The van der Waals surface area contributed by atoms with Gasteiger partial charge in [-0.1, -0.05) is 20.8 Å². The van der Waals surface area contributed by atoms with Crippen molar-refractivity contribution < 1.29 is 18.4 Å². The highest BCUT2D eigenvalue weighted by molar-refractivity contribution is 5.97. The summed E-state index contributed by atoms with van der Waals surface area (Å²) in [6.45, 7) is 10.1. The average Bonchev–Trinajstić information content (AvgIpc) is 3.32. The molecular weight excluding hydrogens is 408 g/mol. The number of nitrogens with one attached hydrogen (secondary N) is 1. The fraction of sp³-hybridized carbons (Fsp3) is 0.480. The summed E-state index contributed by atoms with van der Waals surface area (Å²) in [5.41, 5.74) is 2.72. The van der Waals surface area contributed by atoms with Gasteiger partial charge in [-0.05, 0) is 36.8 Å². The van der Waals surface area contributed by atoms with Gasteiger partial charge < -0.3 is 19.1 Å². The molecule has 0 radical (unpaired) electrons. The molecule has 1 aromatic carbocycles. The van der Waals surface area contributed by atoms with Gasteiger partial charge in [0, 0.05) is 48.5 Å². The molecule has 3 aromatic rings. The largest absolute Gasteiger partial charge is 0.464 e. The molecule has 2 aromatic heterocycles. The minimum absolute atomic E-state index is 0.0394. The number of carbonyl (C=O) groups excluding carboxylic acids is 2. The molecule has 4 rings (SSSR count). The van der Waals surface area contributed by atoms with Crippen LogP contribution in [0.4, 0.5) is 0 Å². The third-order valence-corrected chi connectivity index (χ3v) is 6.23. The Balaban J connectivity index is 1.51. The van der Waals surface area contributed by atoms with Gasteiger partial charge in [0.05, 0.1) is 18.2 Å². The van der Waals surface area contributed by atoms with Crippen LogP contribution >= 0.6 is 0 Å². The lowest BCUT2D eigenvalue weighted by Gasteiger charge is -2.16. The number of hydrogen-bond donors (Lipinski definition) is 1. The topological polar surface area (TPSA) is 92.8 Å². The van der Waals surface area contributed by atoms with E-state index in [0.29, 0.717) is 42.7 Å². The highest BCUT2D eigenvalue weighted by atomic mass is 16.4. The normalized spacial score (nSPS) is 14.6. The molecule has 170 valence electrons. The number of benzene rings is 1. The quantitative estimate of drug-likeness (QED) is 0.467. The first-order valence-corrected chi connectivity index (χ1v) is 11.2. The summed E-state index contributed by atoms with van der Waals surface area (Å²) in [5.74, 6) is -0.0469. The minimum atomic E-state index is -0.505. The molecule has 0 bridgehead atoms. The summed E-state index contributed by atoms with van der Waals surface area (Å²) < 4.78 is 11.2. The lowest BCUT2D eigenvalue weighted by atomic mass is 9.86. The molecule has 7 nitrogen and oxygen atoms in total. The number of rotatable bonds is 6. The van der Waals surface area contributed by atoms with E-state index in [9.17, 15) is 14.4 Å². The van der Waals surface area contributed by atoms with Gasteiger partial charge in [-0.15, -0.1) is 0 Å². The van der Waals surface area contributed by atoms with Crippen LogP contribution in [0.3, 0.4) is 0 Å². The molecule has 3 heterocycles. The highest BCUT2D eigenvalue weighted by Gasteiger charge is 2.22. The Morgan fingerprint density at radius 1 is 1.16 bits per heavy atom. The lowest BCUT2D eigenvalue weighted by Crippen LogP contribution is -2.32. The molecular formula is C25H30N2O5. The van der Waals surface area contributed by atoms with E-state index in [0.717, 1.165) is 34.9 Å². The van der Waals surface area contributed by atoms with E-state index in [1.165, 1.54) is 0 Å². The first-order valence-electron chi connectivity index (χ1n) is 11.2. The zero-order valence-corrected chi connectivity index (χ0v) is 19.2. The zero-order valence-electron chi connectivity index (χ0n) is 19.2. The van der Waals surface area contributed by atoms with Crippen LogP contribution in [0.5, 0.6) is 0 Å².